The number of benzene rings is 1. The summed E-state index contributed by atoms with van der Waals surface area (Å²) >= 11 is 0. The van der Waals surface area contributed by atoms with Gasteiger partial charge in [-0.05, 0) is 17.7 Å². The fourth-order valence-electron chi connectivity index (χ4n) is 1.53. The van der Waals surface area contributed by atoms with Crippen molar-refractivity contribution in [3.05, 3.63) is 23.8 Å². The number of hydrogen-bond donors (Lipinski definition) is 0. The summed E-state index contributed by atoms with van der Waals surface area (Å²) in [6, 6.07) is 3.07. The number of halogens is 4. The maximum absolute atomic E-state index is 12.8. The second-order valence-corrected chi connectivity index (χ2v) is 6.22. The van der Waals surface area contributed by atoms with Crippen molar-refractivity contribution in [2.75, 3.05) is 14.2 Å². The lowest BCUT2D eigenvalue weighted by Crippen LogP contribution is -2.25. The lowest BCUT2D eigenvalue weighted by molar-refractivity contribution is -0.131. The van der Waals surface area contributed by atoms with Gasteiger partial charge < -0.3 is 9.47 Å². The second kappa shape index (κ2) is 5.46. The fourth-order valence-corrected chi connectivity index (χ4v) is 2.93. The van der Waals surface area contributed by atoms with Gasteiger partial charge in [-0.1, -0.05) is 6.07 Å². The molecule has 4 nitrogen and oxygen atoms in total. The summed E-state index contributed by atoms with van der Waals surface area (Å²) in [4.78, 5) is 0. The van der Waals surface area contributed by atoms with E-state index in [-0.39, 0.29) is 11.5 Å². The van der Waals surface area contributed by atoms with Crippen LogP contribution in [0.2, 0.25) is 0 Å². The Bertz CT molecular complexity index is 556. The minimum Gasteiger partial charge on any atom is -0.493 e. The predicted molar refractivity (Wildman–Crippen MR) is 63.1 cm³/mol. The predicted octanol–water partition coefficient (Wildman–Crippen LogP) is 2.88. The molecular formula is C10H10ClF3O4S. The van der Waals surface area contributed by atoms with Gasteiger partial charge in [0.25, 0.3) is 0 Å². The van der Waals surface area contributed by atoms with Crippen LogP contribution in [0.25, 0.3) is 0 Å². The van der Waals surface area contributed by atoms with Crippen LogP contribution in [0.4, 0.5) is 13.2 Å². The number of methoxy groups -OCH3 is 2. The monoisotopic (exact) mass is 318 g/mol. The first kappa shape index (κ1) is 15.9. The van der Waals surface area contributed by atoms with Gasteiger partial charge in [0.1, 0.15) is 0 Å². The third-order valence-electron chi connectivity index (χ3n) is 2.29. The molecule has 0 heterocycles. The maximum atomic E-state index is 12.8. The highest BCUT2D eigenvalue weighted by Crippen LogP contribution is 2.43. The van der Waals surface area contributed by atoms with E-state index in [1.54, 1.807) is 0 Å². The molecule has 1 rings (SSSR count). The normalized spacial score (nSPS) is 14.0. The molecule has 0 aromatic heterocycles. The van der Waals surface area contributed by atoms with Gasteiger partial charge in [0.15, 0.2) is 16.7 Å². The van der Waals surface area contributed by atoms with Gasteiger partial charge in [-0.15, -0.1) is 0 Å². The van der Waals surface area contributed by atoms with Crippen LogP contribution in [0.1, 0.15) is 10.8 Å². The van der Waals surface area contributed by atoms with E-state index < -0.39 is 26.0 Å². The van der Waals surface area contributed by atoms with Crippen molar-refractivity contribution < 1.29 is 31.1 Å². The molecule has 0 aliphatic rings. The van der Waals surface area contributed by atoms with Crippen LogP contribution in [0.15, 0.2) is 18.2 Å². The van der Waals surface area contributed by atoms with Crippen molar-refractivity contribution in [2.45, 2.75) is 11.4 Å². The molecule has 1 aromatic rings. The third kappa shape index (κ3) is 3.66. The van der Waals surface area contributed by atoms with Crippen molar-refractivity contribution in [3.63, 3.8) is 0 Å². The van der Waals surface area contributed by atoms with Crippen LogP contribution >= 0.6 is 10.7 Å². The zero-order valence-electron chi connectivity index (χ0n) is 9.86. The largest absolute Gasteiger partial charge is 0.493 e. The minimum atomic E-state index is -5.03. The van der Waals surface area contributed by atoms with E-state index in [9.17, 15) is 21.6 Å². The first-order valence-electron chi connectivity index (χ1n) is 4.83. The first-order chi connectivity index (χ1) is 8.61. The van der Waals surface area contributed by atoms with Crippen molar-refractivity contribution in [1.29, 1.82) is 0 Å². The number of alkyl halides is 3. The van der Waals surface area contributed by atoms with Crippen LogP contribution in [0, 0.1) is 0 Å². The molecule has 0 spiro atoms. The summed E-state index contributed by atoms with van der Waals surface area (Å²) < 4.78 is 70.2. The molecule has 1 atom stereocenters. The molecular weight excluding hydrogens is 309 g/mol. The smallest absolute Gasteiger partial charge is 0.410 e. The zero-order valence-corrected chi connectivity index (χ0v) is 11.4. The molecule has 0 saturated heterocycles. The Morgan fingerprint density at radius 3 is 2.05 bits per heavy atom. The molecule has 0 aliphatic heterocycles. The van der Waals surface area contributed by atoms with Crippen molar-refractivity contribution in [2.24, 2.45) is 0 Å². The topological polar surface area (TPSA) is 52.6 Å². The third-order valence-corrected chi connectivity index (χ3v) is 3.93. The minimum absolute atomic E-state index is 0.0189. The Hall–Kier alpha value is -1.15. The van der Waals surface area contributed by atoms with Crippen LogP contribution in [0.3, 0.4) is 0 Å². The van der Waals surface area contributed by atoms with Crippen LogP contribution < -0.4 is 9.47 Å². The first-order valence-corrected chi connectivity index (χ1v) is 7.20. The molecule has 1 aromatic carbocycles. The van der Waals surface area contributed by atoms with E-state index >= 15 is 0 Å². The Balaban J connectivity index is 3.41. The van der Waals surface area contributed by atoms with Gasteiger partial charge in [0.2, 0.25) is 9.05 Å². The lowest BCUT2D eigenvalue weighted by Gasteiger charge is -2.18. The average Bonchev–Trinajstić information content (AvgIpc) is 2.24. The summed E-state index contributed by atoms with van der Waals surface area (Å²) in [7, 11) is 2.52. The molecule has 108 valence electrons. The molecule has 19 heavy (non-hydrogen) atoms. The van der Waals surface area contributed by atoms with E-state index in [4.69, 9.17) is 20.2 Å². The van der Waals surface area contributed by atoms with Crippen molar-refractivity contribution in [3.8, 4) is 11.5 Å². The SMILES string of the molecule is COc1ccc(C(C(F)(F)F)S(=O)(=O)Cl)cc1OC. The number of hydrogen-bond acceptors (Lipinski definition) is 4. The standard InChI is InChI=1S/C10H10ClF3O4S/c1-17-7-4-3-6(5-8(7)18-2)9(10(12,13)14)19(11,15)16/h3-5,9H,1-2H3. The maximum Gasteiger partial charge on any atom is 0.410 e. The van der Waals surface area contributed by atoms with Gasteiger partial charge in [-0.2, -0.15) is 13.2 Å². The van der Waals surface area contributed by atoms with E-state index in [1.807, 2.05) is 0 Å². The molecule has 0 bridgehead atoms. The number of rotatable bonds is 4. The van der Waals surface area contributed by atoms with E-state index in [2.05, 4.69) is 0 Å². The highest BCUT2D eigenvalue weighted by Gasteiger charge is 2.49. The summed E-state index contributed by atoms with van der Waals surface area (Å²) in [6.45, 7) is 0. The molecule has 0 aliphatic carbocycles. The number of ether oxygens (including phenoxy) is 2. The molecule has 0 amide bonds. The van der Waals surface area contributed by atoms with Crippen LogP contribution in [-0.4, -0.2) is 28.8 Å². The van der Waals surface area contributed by atoms with Gasteiger partial charge >= 0.3 is 6.18 Å². The second-order valence-electron chi connectivity index (χ2n) is 3.51. The van der Waals surface area contributed by atoms with Crippen LogP contribution in [-0.2, 0) is 9.05 Å². The highest BCUT2D eigenvalue weighted by atomic mass is 35.7. The van der Waals surface area contributed by atoms with Gasteiger partial charge in [0.05, 0.1) is 14.2 Å². The Labute approximate surface area is 112 Å². The summed E-state index contributed by atoms with van der Waals surface area (Å²) in [5, 5.41) is -2.82. The Morgan fingerprint density at radius 1 is 1.16 bits per heavy atom. The van der Waals surface area contributed by atoms with E-state index in [0.717, 1.165) is 12.1 Å². The van der Waals surface area contributed by atoms with Crippen molar-refractivity contribution >= 4 is 19.7 Å². The summed E-state index contributed by atoms with van der Waals surface area (Å²) in [6.07, 6.45) is -5.03. The quantitative estimate of drug-likeness (QED) is 0.801. The van der Waals surface area contributed by atoms with Gasteiger partial charge in [-0.3, -0.25) is 0 Å². The molecule has 0 N–H and O–H groups in total. The van der Waals surface area contributed by atoms with Crippen LogP contribution in [0.5, 0.6) is 11.5 Å². The fraction of sp³-hybridized carbons (Fsp3) is 0.400. The molecule has 0 saturated carbocycles. The summed E-state index contributed by atoms with van der Waals surface area (Å²) in [5.74, 6) is 0.161. The van der Waals surface area contributed by atoms with Gasteiger partial charge in [0, 0.05) is 10.7 Å². The molecule has 0 radical (unpaired) electrons. The zero-order chi connectivity index (χ0) is 14.8. The Kier molecular flexibility index (Phi) is 4.57. The molecule has 0 fully saturated rings. The summed E-state index contributed by atoms with van der Waals surface area (Å²) in [5.41, 5.74) is -0.542. The van der Waals surface area contributed by atoms with Gasteiger partial charge in [-0.25, -0.2) is 8.42 Å². The van der Waals surface area contributed by atoms with E-state index in [0.29, 0.717) is 0 Å². The average molecular weight is 319 g/mol. The van der Waals surface area contributed by atoms with Crippen molar-refractivity contribution in [1.82, 2.24) is 0 Å². The molecule has 9 heteroatoms. The Morgan fingerprint density at radius 2 is 1.68 bits per heavy atom. The van der Waals surface area contributed by atoms with E-state index in [1.165, 1.54) is 20.3 Å². The lowest BCUT2D eigenvalue weighted by atomic mass is 10.1. The molecule has 1 unspecified atom stereocenters. The highest BCUT2D eigenvalue weighted by molar-refractivity contribution is 8.14.